The molecule has 156 valence electrons. The van der Waals surface area contributed by atoms with Gasteiger partial charge in [-0.3, -0.25) is 0 Å². The zero-order valence-electron chi connectivity index (χ0n) is 18.2. The quantitative estimate of drug-likeness (QED) is 0.249. The zero-order chi connectivity index (χ0) is 21.0. The normalized spacial score (nSPS) is 11.0. The lowest BCUT2D eigenvalue weighted by Crippen LogP contribution is -2.25. The molecule has 3 rings (SSSR count). The van der Waals surface area contributed by atoms with E-state index in [9.17, 15) is 0 Å². The predicted molar refractivity (Wildman–Crippen MR) is 131 cm³/mol. The molecule has 0 atom stereocenters. The topological polar surface area (TPSA) is 18.8 Å². The Balaban J connectivity index is 1.77. The lowest BCUT2D eigenvalue weighted by molar-refractivity contribution is 0.678. The Labute approximate surface area is 181 Å². The molecule has 0 aliphatic carbocycles. The summed E-state index contributed by atoms with van der Waals surface area (Å²) >= 11 is 0. The van der Waals surface area contributed by atoms with Crippen molar-refractivity contribution in [3.05, 3.63) is 90.5 Å². The lowest BCUT2D eigenvalue weighted by atomic mass is 10.2. The van der Waals surface area contributed by atoms with E-state index in [0.717, 1.165) is 30.0 Å². The van der Waals surface area contributed by atoms with Crippen molar-refractivity contribution in [2.75, 3.05) is 23.0 Å². The van der Waals surface area contributed by atoms with E-state index < -0.39 is 0 Å². The summed E-state index contributed by atoms with van der Waals surface area (Å²) in [5.41, 5.74) is 4.49. The van der Waals surface area contributed by atoms with Crippen molar-refractivity contribution in [2.45, 2.75) is 39.5 Å². The largest absolute Gasteiger partial charge is 0.372 e. The summed E-state index contributed by atoms with van der Waals surface area (Å²) in [5.74, 6) is 0. The number of hydrazone groups is 1. The van der Waals surface area contributed by atoms with Gasteiger partial charge in [0.2, 0.25) is 0 Å². The first kappa shape index (κ1) is 21.6. The summed E-state index contributed by atoms with van der Waals surface area (Å²) in [5, 5.41) is 6.78. The molecule has 0 N–H and O–H groups in total. The van der Waals surface area contributed by atoms with Crippen LogP contribution >= 0.6 is 0 Å². The van der Waals surface area contributed by atoms with Gasteiger partial charge in [0.15, 0.2) is 0 Å². The van der Waals surface area contributed by atoms with Crippen LogP contribution < -0.4 is 9.91 Å². The summed E-state index contributed by atoms with van der Waals surface area (Å²) in [6.07, 6.45) is 6.85. The fraction of sp³-hybridized carbons (Fsp3) is 0.296. The minimum Gasteiger partial charge on any atom is -0.372 e. The van der Waals surface area contributed by atoms with Crippen LogP contribution in [0.2, 0.25) is 0 Å². The highest BCUT2D eigenvalue weighted by atomic mass is 15.5. The molecule has 0 spiro atoms. The Morgan fingerprint density at radius 1 is 0.633 bits per heavy atom. The SMILES string of the molecule is CCCCN(CCCC)c1ccc(/C=N/N(c2ccccc2)c2ccccc2)cc1. The highest BCUT2D eigenvalue weighted by Gasteiger charge is 2.08. The highest BCUT2D eigenvalue weighted by molar-refractivity contribution is 5.82. The van der Waals surface area contributed by atoms with Gasteiger partial charge in [0.05, 0.1) is 17.6 Å². The monoisotopic (exact) mass is 399 g/mol. The highest BCUT2D eigenvalue weighted by Crippen LogP contribution is 2.25. The number of unbranched alkanes of at least 4 members (excludes halogenated alkanes) is 2. The molecule has 0 radical (unpaired) electrons. The van der Waals surface area contributed by atoms with Crippen molar-refractivity contribution >= 4 is 23.3 Å². The van der Waals surface area contributed by atoms with Crippen molar-refractivity contribution in [2.24, 2.45) is 5.10 Å². The molecular formula is C27H33N3. The second-order valence-electron chi connectivity index (χ2n) is 7.51. The second-order valence-corrected chi connectivity index (χ2v) is 7.51. The van der Waals surface area contributed by atoms with Gasteiger partial charge in [-0.05, 0) is 54.8 Å². The minimum atomic E-state index is 1.04. The van der Waals surface area contributed by atoms with Gasteiger partial charge in [-0.15, -0.1) is 0 Å². The van der Waals surface area contributed by atoms with E-state index in [2.05, 4.69) is 67.3 Å². The summed E-state index contributed by atoms with van der Waals surface area (Å²) in [7, 11) is 0. The van der Waals surface area contributed by atoms with E-state index >= 15 is 0 Å². The van der Waals surface area contributed by atoms with Crippen LogP contribution in [0, 0.1) is 0 Å². The molecular weight excluding hydrogens is 366 g/mol. The van der Waals surface area contributed by atoms with Crippen LogP contribution in [-0.4, -0.2) is 19.3 Å². The molecule has 0 aromatic heterocycles. The van der Waals surface area contributed by atoms with Gasteiger partial charge in [-0.25, -0.2) is 5.01 Å². The Bertz CT molecular complexity index is 826. The van der Waals surface area contributed by atoms with Crippen LogP contribution in [0.4, 0.5) is 17.1 Å². The average Bonchev–Trinajstić information content (AvgIpc) is 2.81. The molecule has 3 nitrogen and oxygen atoms in total. The number of benzene rings is 3. The first-order chi connectivity index (χ1) is 14.8. The van der Waals surface area contributed by atoms with Crippen molar-refractivity contribution < 1.29 is 0 Å². The Morgan fingerprint density at radius 2 is 1.13 bits per heavy atom. The van der Waals surface area contributed by atoms with Crippen LogP contribution in [0.5, 0.6) is 0 Å². The molecule has 3 aromatic rings. The number of para-hydroxylation sites is 2. The van der Waals surface area contributed by atoms with E-state index in [1.807, 2.05) is 47.6 Å². The third kappa shape index (κ3) is 6.21. The van der Waals surface area contributed by atoms with Crippen LogP contribution in [0.15, 0.2) is 90.0 Å². The minimum absolute atomic E-state index is 1.04. The number of rotatable bonds is 11. The summed E-state index contributed by atoms with van der Waals surface area (Å²) < 4.78 is 0. The van der Waals surface area contributed by atoms with Crippen molar-refractivity contribution in [3.8, 4) is 0 Å². The molecule has 30 heavy (non-hydrogen) atoms. The molecule has 0 heterocycles. The maximum absolute atomic E-state index is 4.80. The first-order valence-corrected chi connectivity index (χ1v) is 11.1. The van der Waals surface area contributed by atoms with Gasteiger partial charge >= 0.3 is 0 Å². The molecule has 0 fully saturated rings. The summed E-state index contributed by atoms with van der Waals surface area (Å²) in [6, 6.07) is 29.3. The molecule has 0 unspecified atom stereocenters. The number of hydrogen-bond donors (Lipinski definition) is 0. The van der Waals surface area contributed by atoms with Crippen LogP contribution in [0.3, 0.4) is 0 Å². The molecule has 3 aromatic carbocycles. The summed E-state index contributed by atoms with van der Waals surface area (Å²) in [6.45, 7) is 6.75. The molecule has 3 heteroatoms. The van der Waals surface area contributed by atoms with Gasteiger partial charge in [-0.1, -0.05) is 75.2 Å². The number of nitrogens with zero attached hydrogens (tertiary/aromatic N) is 3. The van der Waals surface area contributed by atoms with Crippen LogP contribution in [0.25, 0.3) is 0 Å². The van der Waals surface area contributed by atoms with Gasteiger partial charge in [-0.2, -0.15) is 5.10 Å². The molecule has 0 bridgehead atoms. The van der Waals surface area contributed by atoms with Gasteiger partial charge < -0.3 is 4.90 Å². The second kappa shape index (κ2) is 11.8. The van der Waals surface area contributed by atoms with Gasteiger partial charge in [0, 0.05) is 18.8 Å². The zero-order valence-corrected chi connectivity index (χ0v) is 18.2. The number of hydrogen-bond acceptors (Lipinski definition) is 3. The Morgan fingerprint density at radius 3 is 1.60 bits per heavy atom. The van der Waals surface area contributed by atoms with E-state index in [4.69, 9.17) is 5.10 Å². The van der Waals surface area contributed by atoms with E-state index in [1.54, 1.807) is 0 Å². The lowest BCUT2D eigenvalue weighted by Gasteiger charge is -2.24. The van der Waals surface area contributed by atoms with Gasteiger partial charge in [0.25, 0.3) is 0 Å². The standard InChI is InChI=1S/C27H33N3/c1-3-5-21-29(22-6-4-2)25-19-17-24(18-20-25)23-28-30(26-13-9-7-10-14-26)27-15-11-8-12-16-27/h7-20,23H,3-6,21-22H2,1-2H3/b28-23+. The third-order valence-corrected chi connectivity index (χ3v) is 5.15. The van der Waals surface area contributed by atoms with E-state index in [1.165, 1.54) is 31.4 Å². The molecule has 0 amide bonds. The Kier molecular flexibility index (Phi) is 8.52. The van der Waals surface area contributed by atoms with E-state index in [0.29, 0.717) is 0 Å². The summed E-state index contributed by atoms with van der Waals surface area (Å²) in [4.78, 5) is 2.51. The van der Waals surface area contributed by atoms with Crippen LogP contribution in [-0.2, 0) is 0 Å². The molecule has 0 aliphatic rings. The van der Waals surface area contributed by atoms with Gasteiger partial charge in [0.1, 0.15) is 0 Å². The third-order valence-electron chi connectivity index (χ3n) is 5.15. The first-order valence-electron chi connectivity index (χ1n) is 11.1. The fourth-order valence-electron chi connectivity index (χ4n) is 3.38. The molecule has 0 saturated carbocycles. The Hall–Kier alpha value is -3.07. The smallest absolute Gasteiger partial charge is 0.0652 e. The average molecular weight is 400 g/mol. The predicted octanol–water partition coefficient (Wildman–Crippen LogP) is 7.27. The molecule has 0 saturated heterocycles. The van der Waals surface area contributed by atoms with Crippen LogP contribution in [0.1, 0.15) is 45.1 Å². The van der Waals surface area contributed by atoms with Crippen molar-refractivity contribution in [1.29, 1.82) is 0 Å². The maximum atomic E-state index is 4.80. The number of anilines is 3. The molecule has 0 aliphatic heterocycles. The van der Waals surface area contributed by atoms with Crippen molar-refractivity contribution in [3.63, 3.8) is 0 Å². The fourth-order valence-corrected chi connectivity index (χ4v) is 3.38. The van der Waals surface area contributed by atoms with E-state index in [-0.39, 0.29) is 0 Å². The van der Waals surface area contributed by atoms with Crippen molar-refractivity contribution in [1.82, 2.24) is 0 Å². The maximum Gasteiger partial charge on any atom is 0.0652 e.